The number of benzene rings is 2. The highest BCUT2D eigenvalue weighted by atomic mass is 16.3. The Morgan fingerprint density at radius 3 is 1.95 bits per heavy atom. The molecule has 2 rings (SSSR count). The Balaban J connectivity index is 2.20. The van der Waals surface area contributed by atoms with Crippen LogP contribution in [0.15, 0.2) is 36.4 Å². The topological polar surface area (TPSA) is 118 Å². The van der Waals surface area contributed by atoms with Gasteiger partial charge in [-0.1, -0.05) is 12.1 Å². The summed E-state index contributed by atoms with van der Waals surface area (Å²) in [7, 11) is 0. The summed E-state index contributed by atoms with van der Waals surface area (Å²) < 4.78 is 0. The van der Waals surface area contributed by atoms with Crippen LogP contribution in [0.3, 0.4) is 0 Å². The fourth-order valence-electron chi connectivity index (χ4n) is 1.98. The molecule has 5 N–H and O–H groups in total. The number of aliphatic hydroxyl groups is 1. The van der Waals surface area contributed by atoms with Gasteiger partial charge in [-0.3, -0.25) is 4.79 Å². The summed E-state index contributed by atoms with van der Waals surface area (Å²) in [5.74, 6) is -2.14. The highest BCUT2D eigenvalue weighted by Crippen LogP contribution is 2.34. The minimum atomic E-state index is -1.15. The van der Waals surface area contributed by atoms with E-state index in [9.17, 15) is 25.2 Å². The SMILES string of the molecule is O=C(CC(O)c1ccc(O)cc1)c1c(O)cc(O)cc1O. The van der Waals surface area contributed by atoms with Crippen molar-refractivity contribution in [3.8, 4) is 23.0 Å². The van der Waals surface area contributed by atoms with Crippen LogP contribution in [0.25, 0.3) is 0 Å². The van der Waals surface area contributed by atoms with Gasteiger partial charge < -0.3 is 25.5 Å². The lowest BCUT2D eigenvalue weighted by Crippen LogP contribution is -2.07. The predicted octanol–water partition coefficient (Wildman–Crippen LogP) is 1.82. The smallest absolute Gasteiger partial charge is 0.173 e. The van der Waals surface area contributed by atoms with E-state index >= 15 is 0 Å². The average Bonchev–Trinajstić information content (AvgIpc) is 2.37. The zero-order valence-corrected chi connectivity index (χ0v) is 10.9. The van der Waals surface area contributed by atoms with Crippen LogP contribution in [0.4, 0.5) is 0 Å². The Morgan fingerprint density at radius 2 is 1.43 bits per heavy atom. The van der Waals surface area contributed by atoms with Gasteiger partial charge in [0, 0.05) is 18.6 Å². The molecule has 6 nitrogen and oxygen atoms in total. The molecular formula is C15H14O6. The second kappa shape index (κ2) is 5.72. The first kappa shape index (κ1) is 14.7. The van der Waals surface area contributed by atoms with Gasteiger partial charge in [0.1, 0.15) is 28.6 Å². The molecule has 2 aromatic carbocycles. The molecule has 0 saturated carbocycles. The average molecular weight is 290 g/mol. The van der Waals surface area contributed by atoms with E-state index in [1.807, 2.05) is 0 Å². The lowest BCUT2D eigenvalue weighted by atomic mass is 9.99. The summed E-state index contributed by atoms with van der Waals surface area (Å²) in [6, 6.07) is 7.53. The van der Waals surface area contributed by atoms with E-state index in [0.717, 1.165) is 12.1 Å². The van der Waals surface area contributed by atoms with E-state index in [2.05, 4.69) is 0 Å². The minimum Gasteiger partial charge on any atom is -0.508 e. The number of aromatic hydroxyl groups is 4. The lowest BCUT2D eigenvalue weighted by molar-refractivity contribution is 0.0875. The summed E-state index contributed by atoms with van der Waals surface area (Å²) in [6.45, 7) is 0. The highest BCUT2D eigenvalue weighted by Gasteiger charge is 2.21. The largest absolute Gasteiger partial charge is 0.508 e. The zero-order chi connectivity index (χ0) is 15.6. The summed E-state index contributed by atoms with van der Waals surface area (Å²) in [5, 5.41) is 47.5. The number of ketones is 1. The van der Waals surface area contributed by atoms with Gasteiger partial charge in [0.05, 0.1) is 6.10 Å². The van der Waals surface area contributed by atoms with Crippen molar-refractivity contribution in [1.82, 2.24) is 0 Å². The summed E-state index contributed by atoms with van der Waals surface area (Å²) in [5.41, 5.74) is 0.0598. The molecule has 0 aliphatic heterocycles. The van der Waals surface area contributed by atoms with Crippen molar-refractivity contribution >= 4 is 5.78 Å². The maximum absolute atomic E-state index is 12.0. The molecule has 0 radical (unpaired) electrons. The molecular weight excluding hydrogens is 276 g/mol. The first-order valence-corrected chi connectivity index (χ1v) is 6.13. The standard InChI is InChI=1S/C15H14O6/c16-9-3-1-8(2-4-9)11(18)7-14(21)15-12(19)5-10(17)6-13(15)20/h1-6,11,16-20H,7H2. The Kier molecular flexibility index (Phi) is 4.00. The molecule has 6 heteroatoms. The first-order valence-electron chi connectivity index (χ1n) is 6.13. The molecule has 0 amide bonds. The second-order valence-corrected chi connectivity index (χ2v) is 4.59. The number of rotatable bonds is 4. The Labute approximate surface area is 120 Å². The third kappa shape index (κ3) is 3.24. The van der Waals surface area contributed by atoms with Crippen molar-refractivity contribution in [1.29, 1.82) is 0 Å². The molecule has 21 heavy (non-hydrogen) atoms. The number of carbonyl (C=O) groups excluding carboxylic acids is 1. The Hall–Kier alpha value is -2.73. The third-order valence-electron chi connectivity index (χ3n) is 3.02. The van der Waals surface area contributed by atoms with E-state index in [1.54, 1.807) is 0 Å². The number of hydrogen-bond donors (Lipinski definition) is 5. The quantitative estimate of drug-likeness (QED) is 0.548. The minimum absolute atomic E-state index is 0.0334. The molecule has 0 aromatic heterocycles. The molecule has 0 fully saturated rings. The van der Waals surface area contributed by atoms with Crippen LogP contribution in [0.2, 0.25) is 0 Å². The first-order chi connectivity index (χ1) is 9.88. The molecule has 0 bridgehead atoms. The molecule has 0 aliphatic carbocycles. The lowest BCUT2D eigenvalue weighted by Gasteiger charge is -2.12. The fourth-order valence-corrected chi connectivity index (χ4v) is 1.98. The van der Waals surface area contributed by atoms with Crippen LogP contribution < -0.4 is 0 Å². The van der Waals surface area contributed by atoms with Crippen LogP contribution in [0, 0.1) is 0 Å². The van der Waals surface area contributed by atoms with Gasteiger partial charge in [0.15, 0.2) is 5.78 Å². The summed E-state index contributed by atoms with van der Waals surface area (Å²) in [4.78, 5) is 12.0. The second-order valence-electron chi connectivity index (χ2n) is 4.59. The van der Waals surface area contributed by atoms with Gasteiger partial charge in [-0.25, -0.2) is 0 Å². The van der Waals surface area contributed by atoms with Gasteiger partial charge in [0.25, 0.3) is 0 Å². The van der Waals surface area contributed by atoms with Gasteiger partial charge in [0.2, 0.25) is 0 Å². The molecule has 1 unspecified atom stereocenters. The fraction of sp³-hybridized carbons (Fsp3) is 0.133. The molecule has 0 aliphatic rings. The monoisotopic (exact) mass is 290 g/mol. The van der Waals surface area contributed by atoms with Crippen molar-refractivity contribution in [2.75, 3.05) is 0 Å². The van der Waals surface area contributed by atoms with Crippen LogP contribution in [-0.4, -0.2) is 31.3 Å². The van der Waals surface area contributed by atoms with Crippen molar-refractivity contribution in [3.05, 3.63) is 47.5 Å². The van der Waals surface area contributed by atoms with Crippen molar-refractivity contribution in [2.45, 2.75) is 12.5 Å². The van der Waals surface area contributed by atoms with Crippen molar-refractivity contribution in [2.24, 2.45) is 0 Å². The Morgan fingerprint density at radius 1 is 0.905 bits per heavy atom. The van der Waals surface area contributed by atoms with Crippen molar-refractivity contribution < 1.29 is 30.3 Å². The predicted molar refractivity (Wildman–Crippen MR) is 73.5 cm³/mol. The Bertz CT molecular complexity index is 639. The van der Waals surface area contributed by atoms with Crippen LogP contribution >= 0.6 is 0 Å². The van der Waals surface area contributed by atoms with E-state index < -0.39 is 23.4 Å². The van der Waals surface area contributed by atoms with Crippen LogP contribution in [0.1, 0.15) is 28.4 Å². The number of phenols is 4. The van der Waals surface area contributed by atoms with Gasteiger partial charge in [-0.15, -0.1) is 0 Å². The van der Waals surface area contributed by atoms with Crippen LogP contribution in [-0.2, 0) is 0 Å². The van der Waals surface area contributed by atoms with E-state index in [1.165, 1.54) is 24.3 Å². The summed E-state index contributed by atoms with van der Waals surface area (Å²) >= 11 is 0. The highest BCUT2D eigenvalue weighted by molar-refractivity contribution is 6.01. The van der Waals surface area contributed by atoms with E-state index in [-0.39, 0.29) is 23.5 Å². The van der Waals surface area contributed by atoms with Gasteiger partial charge in [-0.05, 0) is 17.7 Å². The molecule has 2 aromatic rings. The maximum Gasteiger partial charge on any atom is 0.173 e. The number of aliphatic hydroxyl groups excluding tert-OH is 1. The van der Waals surface area contributed by atoms with Gasteiger partial charge >= 0.3 is 0 Å². The number of carbonyl (C=O) groups is 1. The molecule has 0 spiro atoms. The van der Waals surface area contributed by atoms with E-state index in [0.29, 0.717) is 5.56 Å². The molecule has 1 atom stereocenters. The molecule has 0 saturated heterocycles. The van der Waals surface area contributed by atoms with Gasteiger partial charge in [-0.2, -0.15) is 0 Å². The van der Waals surface area contributed by atoms with Crippen LogP contribution in [0.5, 0.6) is 23.0 Å². The zero-order valence-electron chi connectivity index (χ0n) is 10.9. The third-order valence-corrected chi connectivity index (χ3v) is 3.02. The van der Waals surface area contributed by atoms with E-state index in [4.69, 9.17) is 5.11 Å². The normalized spacial score (nSPS) is 12.0. The number of phenolic OH excluding ortho intramolecular Hbond substituents is 4. The maximum atomic E-state index is 12.0. The number of Topliss-reactive ketones (excluding diaryl/α,β-unsaturated/α-hetero) is 1. The molecule has 110 valence electrons. The van der Waals surface area contributed by atoms with Crippen molar-refractivity contribution in [3.63, 3.8) is 0 Å². The summed E-state index contributed by atoms with van der Waals surface area (Å²) in [6.07, 6.45) is -1.51. The molecule has 0 heterocycles. The number of hydrogen-bond acceptors (Lipinski definition) is 6.